The summed E-state index contributed by atoms with van der Waals surface area (Å²) in [6, 6.07) is 12.9. The predicted octanol–water partition coefficient (Wildman–Crippen LogP) is 5.66. The normalized spacial score (nSPS) is 13.5. The number of nitriles is 1. The lowest BCUT2D eigenvalue weighted by Gasteiger charge is -2.23. The number of fused-ring (bicyclic) bond motifs is 1. The molecule has 2 aromatic heterocycles. The molecule has 3 heterocycles. The van der Waals surface area contributed by atoms with Gasteiger partial charge < -0.3 is 21.2 Å². The number of hydrogen-bond acceptors (Lipinski definition) is 9. The van der Waals surface area contributed by atoms with Gasteiger partial charge in [0.05, 0.1) is 51.7 Å². The number of halogens is 4. The first-order valence-corrected chi connectivity index (χ1v) is 12.7. The lowest BCUT2D eigenvalue weighted by Crippen LogP contribution is -2.38. The maximum Gasteiger partial charge on any atom is 0.141 e. The van der Waals surface area contributed by atoms with E-state index < -0.39 is 11.9 Å². The van der Waals surface area contributed by atoms with Crippen molar-refractivity contribution < 1.29 is 9.50 Å². The molecule has 0 bridgehead atoms. The summed E-state index contributed by atoms with van der Waals surface area (Å²) in [5, 5.41) is 28.5. The minimum Gasteiger partial charge on any atom is -0.394 e. The van der Waals surface area contributed by atoms with E-state index in [1.165, 1.54) is 24.4 Å². The molecule has 0 saturated carbocycles. The van der Waals surface area contributed by atoms with Crippen molar-refractivity contribution >= 4 is 62.8 Å². The van der Waals surface area contributed by atoms with Crippen LogP contribution in [0.2, 0.25) is 15.2 Å². The number of pyridine rings is 2. The summed E-state index contributed by atoms with van der Waals surface area (Å²) in [6.07, 6.45) is 4.82. The zero-order valence-electron chi connectivity index (χ0n) is 20.0. The molecule has 0 unspecified atom stereocenters. The average molecular weight is 586 g/mol. The van der Waals surface area contributed by atoms with Crippen LogP contribution in [-0.4, -0.2) is 33.2 Å². The largest absolute Gasteiger partial charge is 0.394 e. The van der Waals surface area contributed by atoms with Crippen LogP contribution in [0, 0.1) is 17.1 Å². The van der Waals surface area contributed by atoms with Gasteiger partial charge in [0.25, 0.3) is 0 Å². The summed E-state index contributed by atoms with van der Waals surface area (Å²) >= 11 is 19.1. The second-order valence-corrected chi connectivity index (χ2v) is 9.64. The minimum absolute atomic E-state index is 0.0479. The molecule has 0 saturated heterocycles. The maximum absolute atomic E-state index is 13.7. The Labute approximate surface area is 237 Å². The summed E-state index contributed by atoms with van der Waals surface area (Å²) in [7, 11) is 0. The van der Waals surface area contributed by atoms with Gasteiger partial charge in [-0.15, -0.1) is 5.53 Å². The molecular weight excluding hydrogens is 566 g/mol. The van der Waals surface area contributed by atoms with E-state index >= 15 is 0 Å². The Balaban J connectivity index is 1.60. The van der Waals surface area contributed by atoms with Crippen molar-refractivity contribution in [3.63, 3.8) is 0 Å². The van der Waals surface area contributed by atoms with Crippen LogP contribution in [-0.2, 0) is 0 Å². The molecule has 0 amide bonds. The molecule has 4 aromatic rings. The van der Waals surface area contributed by atoms with Crippen molar-refractivity contribution in [2.24, 2.45) is 0 Å². The molecule has 198 valence electrons. The van der Waals surface area contributed by atoms with Crippen LogP contribution in [0.25, 0.3) is 10.9 Å². The molecule has 9 nitrogen and oxygen atoms in total. The number of nitrogens with zero attached hydrogens (tertiary/aromatic N) is 4. The number of hydrazine groups is 2. The summed E-state index contributed by atoms with van der Waals surface area (Å²) < 4.78 is 13.7. The Morgan fingerprint density at radius 1 is 1.10 bits per heavy atom. The molecule has 0 fully saturated rings. The Bertz CT molecular complexity index is 1630. The van der Waals surface area contributed by atoms with Gasteiger partial charge in [0, 0.05) is 40.9 Å². The molecule has 0 spiro atoms. The number of anilines is 3. The second kappa shape index (κ2) is 11.5. The van der Waals surface area contributed by atoms with Crippen LogP contribution >= 0.6 is 34.8 Å². The fraction of sp³-hybridized carbons (Fsp3) is 0.115. The van der Waals surface area contributed by atoms with Crippen LogP contribution in [0.4, 0.5) is 21.5 Å². The highest BCUT2D eigenvalue weighted by atomic mass is 35.5. The fourth-order valence-corrected chi connectivity index (χ4v) is 4.80. The van der Waals surface area contributed by atoms with E-state index in [-0.39, 0.29) is 17.2 Å². The van der Waals surface area contributed by atoms with Crippen molar-refractivity contribution in [3.05, 3.63) is 98.9 Å². The van der Waals surface area contributed by atoms with Crippen molar-refractivity contribution in [1.29, 1.82) is 5.26 Å². The highest BCUT2D eigenvalue weighted by Crippen LogP contribution is 2.38. The first kappa shape index (κ1) is 26.7. The lowest BCUT2D eigenvalue weighted by atomic mass is 10.0. The third-order valence-electron chi connectivity index (χ3n) is 5.93. The molecule has 5 rings (SSSR count). The van der Waals surface area contributed by atoms with Crippen LogP contribution in [0.3, 0.4) is 0 Å². The predicted molar refractivity (Wildman–Crippen MR) is 150 cm³/mol. The van der Waals surface area contributed by atoms with Crippen molar-refractivity contribution in [1.82, 2.24) is 25.9 Å². The van der Waals surface area contributed by atoms with E-state index in [0.29, 0.717) is 55.9 Å². The Kier molecular flexibility index (Phi) is 7.88. The average Bonchev–Trinajstić information content (AvgIpc) is 3.39. The molecule has 0 radical (unpaired) electrons. The zero-order chi connectivity index (χ0) is 27.5. The van der Waals surface area contributed by atoms with Crippen LogP contribution < -0.4 is 21.6 Å². The standard InChI is InChI=1S/C26H20Cl3FN8O/c27-19-9-15(3-4-21(19)30)34-23-14(11-31)12-33-24-18(23)8-16(10-20(24)28)35-25(17-2-1-5-32-26(17)29)22-13-38(6-7-39)37-36-22/h1-5,8-10,12-13,25,35-37,39H,6-7H2,(H,33,34)/t25-/m0/s1. The quantitative estimate of drug-likeness (QED) is 0.167. The van der Waals surface area contributed by atoms with Gasteiger partial charge in [0.1, 0.15) is 17.0 Å². The Morgan fingerprint density at radius 3 is 2.67 bits per heavy atom. The summed E-state index contributed by atoms with van der Waals surface area (Å²) in [5.74, 6) is -0.557. The number of β-amino-alcohol motifs (C(OH)–C–C–N with tert-alkyl or cyclic N) is 1. The molecule has 13 heteroatoms. The number of rotatable bonds is 8. The monoisotopic (exact) mass is 584 g/mol. The third kappa shape index (κ3) is 5.63. The molecule has 2 aromatic carbocycles. The number of nitrogens with one attached hydrogen (secondary N) is 4. The van der Waals surface area contributed by atoms with Gasteiger partial charge in [-0.05, 0) is 36.4 Å². The second-order valence-electron chi connectivity index (χ2n) is 8.47. The minimum atomic E-state index is -0.557. The first-order valence-electron chi connectivity index (χ1n) is 11.6. The van der Waals surface area contributed by atoms with Gasteiger partial charge in [0.15, 0.2) is 0 Å². The third-order valence-corrected chi connectivity index (χ3v) is 6.83. The molecule has 5 N–H and O–H groups in total. The maximum atomic E-state index is 13.7. The van der Waals surface area contributed by atoms with Crippen LogP contribution in [0.5, 0.6) is 0 Å². The van der Waals surface area contributed by atoms with Gasteiger partial charge in [-0.2, -0.15) is 5.26 Å². The number of benzene rings is 2. The lowest BCUT2D eigenvalue weighted by molar-refractivity contribution is 0.195. The summed E-state index contributed by atoms with van der Waals surface area (Å²) in [4.78, 5) is 8.59. The van der Waals surface area contributed by atoms with Gasteiger partial charge >= 0.3 is 0 Å². The zero-order valence-corrected chi connectivity index (χ0v) is 22.3. The number of aromatic nitrogens is 2. The van der Waals surface area contributed by atoms with Gasteiger partial charge in [-0.1, -0.05) is 40.9 Å². The number of hydrogen-bond donors (Lipinski definition) is 5. The molecule has 39 heavy (non-hydrogen) atoms. The summed E-state index contributed by atoms with van der Waals surface area (Å²) in [5.41, 5.74) is 9.68. The Hall–Kier alpha value is -3.85. The molecule has 1 atom stereocenters. The van der Waals surface area contributed by atoms with Crippen molar-refractivity contribution in [2.45, 2.75) is 6.04 Å². The highest BCUT2D eigenvalue weighted by molar-refractivity contribution is 6.36. The highest BCUT2D eigenvalue weighted by Gasteiger charge is 2.25. The molecular formula is C26H20Cl3FN8O. The van der Waals surface area contributed by atoms with E-state index in [1.807, 2.05) is 6.07 Å². The van der Waals surface area contributed by atoms with Gasteiger partial charge in [-0.3, -0.25) is 9.99 Å². The SMILES string of the molecule is N#Cc1cnc2c(Cl)cc(N[C@H](C3=CN(CCO)NN3)c3cccnc3Cl)cc2c1Nc1ccc(F)c(Cl)c1. The first-order chi connectivity index (χ1) is 18.9. The van der Waals surface area contributed by atoms with Crippen molar-refractivity contribution in [2.75, 3.05) is 23.8 Å². The fourth-order valence-electron chi connectivity index (χ4n) is 4.13. The topological polar surface area (TPSA) is 121 Å². The van der Waals surface area contributed by atoms with E-state index in [9.17, 15) is 14.8 Å². The number of aliphatic hydroxyl groups excluding tert-OH is 1. The molecule has 0 aliphatic carbocycles. The number of aliphatic hydroxyl groups is 1. The van der Waals surface area contributed by atoms with E-state index in [0.717, 1.165) is 0 Å². The molecule has 1 aliphatic heterocycles. The Morgan fingerprint density at radius 2 is 1.92 bits per heavy atom. The van der Waals surface area contributed by atoms with E-state index in [2.05, 4.69) is 37.6 Å². The smallest absolute Gasteiger partial charge is 0.141 e. The van der Waals surface area contributed by atoms with E-state index in [1.54, 1.807) is 35.6 Å². The summed E-state index contributed by atoms with van der Waals surface area (Å²) in [6.45, 7) is 0.310. The van der Waals surface area contributed by atoms with Crippen LogP contribution in [0.15, 0.2) is 66.8 Å². The van der Waals surface area contributed by atoms with E-state index in [4.69, 9.17) is 34.8 Å². The van der Waals surface area contributed by atoms with Gasteiger partial charge in [-0.25, -0.2) is 9.37 Å². The van der Waals surface area contributed by atoms with Crippen molar-refractivity contribution in [3.8, 4) is 6.07 Å². The molecule has 1 aliphatic rings. The van der Waals surface area contributed by atoms with Crippen LogP contribution in [0.1, 0.15) is 17.2 Å². The van der Waals surface area contributed by atoms with Gasteiger partial charge in [0.2, 0.25) is 0 Å².